The summed E-state index contributed by atoms with van der Waals surface area (Å²) in [5.41, 5.74) is 6.00. The van der Waals surface area contributed by atoms with Crippen LogP contribution in [0.1, 0.15) is 5.56 Å². The molecule has 15 heavy (non-hydrogen) atoms. The van der Waals surface area contributed by atoms with E-state index in [4.69, 9.17) is 5.73 Å². The number of benzene rings is 1. The molecule has 2 rings (SSSR count). The molecule has 1 aromatic rings. The Balaban J connectivity index is 2.29. The van der Waals surface area contributed by atoms with Crippen LogP contribution >= 0.6 is 11.8 Å². The zero-order valence-electron chi connectivity index (χ0n) is 7.61. The molecule has 5 heteroatoms. The van der Waals surface area contributed by atoms with Crippen molar-refractivity contribution in [3.05, 3.63) is 40.6 Å². The number of carbonyl (C=O) groups is 1. The number of nitrogens with two attached hydrogens (primary N) is 1. The summed E-state index contributed by atoms with van der Waals surface area (Å²) in [5, 5.41) is 0.225. The minimum atomic E-state index is -0.373. The molecule has 1 aliphatic heterocycles. The summed E-state index contributed by atoms with van der Waals surface area (Å²) >= 11 is 1.09. The molecule has 76 valence electrons. The lowest BCUT2D eigenvalue weighted by atomic mass is 10.2. The Bertz CT molecular complexity index is 482. The molecule has 0 bridgehead atoms. The zero-order chi connectivity index (χ0) is 10.8. The molecular weight excluding hydrogens is 215 g/mol. The summed E-state index contributed by atoms with van der Waals surface area (Å²) in [6.45, 7) is 0. The highest BCUT2D eigenvalue weighted by atomic mass is 32.2. The lowest BCUT2D eigenvalue weighted by Crippen LogP contribution is -2.01. The molecule has 0 unspecified atom stereocenters. The van der Waals surface area contributed by atoms with Crippen LogP contribution in [0.5, 0.6) is 0 Å². The predicted molar refractivity (Wildman–Crippen MR) is 58.6 cm³/mol. The monoisotopic (exact) mass is 222 g/mol. The van der Waals surface area contributed by atoms with Gasteiger partial charge in [-0.2, -0.15) is 4.99 Å². The van der Waals surface area contributed by atoms with E-state index in [2.05, 4.69) is 4.99 Å². The number of carbonyl (C=O) groups excluding carboxylic acids is 1. The largest absolute Gasteiger partial charge is 0.378 e. The molecule has 0 aromatic heterocycles. The van der Waals surface area contributed by atoms with Gasteiger partial charge in [0.1, 0.15) is 5.82 Å². The molecule has 0 atom stereocenters. The number of hydrogen-bond donors (Lipinski definition) is 1. The quantitative estimate of drug-likeness (QED) is 0.736. The average Bonchev–Trinajstić information content (AvgIpc) is 2.45. The Hall–Kier alpha value is -1.62. The first-order valence-electron chi connectivity index (χ1n) is 4.19. The second-order valence-electron chi connectivity index (χ2n) is 2.92. The molecule has 1 amide bonds. The Morgan fingerprint density at radius 2 is 2.27 bits per heavy atom. The van der Waals surface area contributed by atoms with E-state index in [-0.39, 0.29) is 16.9 Å². The van der Waals surface area contributed by atoms with Crippen LogP contribution in [0.3, 0.4) is 0 Å². The Morgan fingerprint density at radius 3 is 2.87 bits per heavy atom. The number of rotatable bonds is 1. The highest BCUT2D eigenvalue weighted by molar-refractivity contribution is 8.18. The van der Waals surface area contributed by atoms with Gasteiger partial charge < -0.3 is 5.73 Å². The SMILES string of the molecule is NC1=NC(=O)/C(=C\c2cccc(F)c2)S1. The molecule has 1 heterocycles. The molecule has 0 radical (unpaired) electrons. The molecule has 1 aliphatic rings. The van der Waals surface area contributed by atoms with Crippen molar-refractivity contribution in [3.8, 4) is 0 Å². The highest BCUT2D eigenvalue weighted by Crippen LogP contribution is 2.26. The van der Waals surface area contributed by atoms with Crippen molar-refractivity contribution in [2.24, 2.45) is 10.7 Å². The van der Waals surface area contributed by atoms with Crippen molar-refractivity contribution < 1.29 is 9.18 Å². The second-order valence-corrected chi connectivity index (χ2v) is 3.98. The second kappa shape index (κ2) is 3.86. The molecule has 1 aromatic carbocycles. The van der Waals surface area contributed by atoms with Crippen LogP contribution in [0.25, 0.3) is 6.08 Å². The Kier molecular flexibility index (Phi) is 2.55. The van der Waals surface area contributed by atoms with E-state index in [0.717, 1.165) is 11.8 Å². The fraction of sp³-hybridized carbons (Fsp3) is 0. The van der Waals surface area contributed by atoms with Gasteiger partial charge in [-0.1, -0.05) is 12.1 Å². The van der Waals surface area contributed by atoms with Crippen molar-refractivity contribution in [1.82, 2.24) is 0 Å². The Morgan fingerprint density at radius 1 is 1.47 bits per heavy atom. The van der Waals surface area contributed by atoms with Crippen molar-refractivity contribution in [1.29, 1.82) is 0 Å². The highest BCUT2D eigenvalue weighted by Gasteiger charge is 2.19. The molecule has 0 fully saturated rings. The van der Waals surface area contributed by atoms with Gasteiger partial charge in [0.15, 0.2) is 5.17 Å². The lowest BCUT2D eigenvalue weighted by molar-refractivity contribution is -0.113. The van der Waals surface area contributed by atoms with E-state index < -0.39 is 0 Å². The van der Waals surface area contributed by atoms with E-state index in [9.17, 15) is 9.18 Å². The number of aliphatic imine (C=N–C) groups is 1. The number of amides is 1. The van der Waals surface area contributed by atoms with Crippen LogP contribution in [-0.4, -0.2) is 11.1 Å². The first-order valence-corrected chi connectivity index (χ1v) is 5.00. The molecule has 0 aliphatic carbocycles. The summed E-state index contributed by atoms with van der Waals surface area (Å²) in [7, 11) is 0. The van der Waals surface area contributed by atoms with Gasteiger partial charge >= 0.3 is 0 Å². The average molecular weight is 222 g/mol. The van der Waals surface area contributed by atoms with Crippen molar-refractivity contribution in [3.63, 3.8) is 0 Å². The normalized spacial score (nSPS) is 18.3. The van der Waals surface area contributed by atoms with Gasteiger partial charge in [-0.05, 0) is 35.5 Å². The number of amidine groups is 1. The number of nitrogens with zero attached hydrogens (tertiary/aromatic N) is 1. The molecule has 0 saturated carbocycles. The van der Waals surface area contributed by atoms with E-state index in [1.165, 1.54) is 12.1 Å². The summed E-state index contributed by atoms with van der Waals surface area (Å²) in [6, 6.07) is 5.97. The molecule has 2 N–H and O–H groups in total. The summed E-state index contributed by atoms with van der Waals surface area (Å²) in [6.07, 6.45) is 1.57. The maximum atomic E-state index is 12.8. The molecule has 0 spiro atoms. The first-order chi connectivity index (χ1) is 7.15. The minimum absolute atomic E-state index is 0.225. The van der Waals surface area contributed by atoms with Crippen molar-refractivity contribution in [2.45, 2.75) is 0 Å². The molecule has 3 nitrogen and oxygen atoms in total. The van der Waals surface area contributed by atoms with E-state index in [1.54, 1.807) is 18.2 Å². The van der Waals surface area contributed by atoms with Crippen LogP contribution in [0, 0.1) is 5.82 Å². The number of thioether (sulfide) groups is 1. The third-order valence-corrected chi connectivity index (χ3v) is 2.60. The third kappa shape index (κ3) is 2.24. The van der Waals surface area contributed by atoms with Crippen LogP contribution in [0.4, 0.5) is 4.39 Å². The van der Waals surface area contributed by atoms with E-state index in [1.807, 2.05) is 0 Å². The van der Waals surface area contributed by atoms with Gasteiger partial charge in [-0.15, -0.1) is 0 Å². The summed E-state index contributed by atoms with van der Waals surface area (Å²) in [4.78, 5) is 15.2. The van der Waals surface area contributed by atoms with Crippen LogP contribution < -0.4 is 5.73 Å². The topological polar surface area (TPSA) is 55.4 Å². The van der Waals surface area contributed by atoms with Gasteiger partial charge in [0.25, 0.3) is 5.91 Å². The van der Waals surface area contributed by atoms with Gasteiger partial charge in [-0.25, -0.2) is 4.39 Å². The Labute approximate surface area is 89.9 Å². The maximum absolute atomic E-state index is 12.8. The predicted octanol–water partition coefficient (Wildman–Crippen LogP) is 1.75. The summed E-state index contributed by atoms with van der Waals surface area (Å²) in [5.74, 6) is -0.713. The van der Waals surface area contributed by atoms with Gasteiger partial charge in [-0.3, -0.25) is 4.79 Å². The smallest absolute Gasteiger partial charge is 0.286 e. The lowest BCUT2D eigenvalue weighted by Gasteiger charge is -1.95. The zero-order valence-corrected chi connectivity index (χ0v) is 8.42. The minimum Gasteiger partial charge on any atom is -0.378 e. The van der Waals surface area contributed by atoms with Gasteiger partial charge in [0.2, 0.25) is 0 Å². The van der Waals surface area contributed by atoms with Crippen LogP contribution in [0.15, 0.2) is 34.2 Å². The molecular formula is C10H7FN2OS. The van der Waals surface area contributed by atoms with E-state index >= 15 is 0 Å². The van der Waals surface area contributed by atoms with Crippen molar-refractivity contribution >= 4 is 28.9 Å². The molecule has 0 saturated heterocycles. The number of halogens is 1. The van der Waals surface area contributed by atoms with Crippen LogP contribution in [0.2, 0.25) is 0 Å². The van der Waals surface area contributed by atoms with Gasteiger partial charge in [0.05, 0.1) is 4.91 Å². The fourth-order valence-electron chi connectivity index (χ4n) is 1.17. The summed E-state index contributed by atoms with van der Waals surface area (Å²) < 4.78 is 12.8. The third-order valence-electron chi connectivity index (χ3n) is 1.78. The van der Waals surface area contributed by atoms with Crippen molar-refractivity contribution in [2.75, 3.05) is 0 Å². The van der Waals surface area contributed by atoms with E-state index in [0.29, 0.717) is 10.5 Å². The number of hydrogen-bond acceptors (Lipinski definition) is 3. The van der Waals surface area contributed by atoms with Gasteiger partial charge in [0, 0.05) is 0 Å². The maximum Gasteiger partial charge on any atom is 0.286 e. The first kappa shape index (κ1) is 9.92. The standard InChI is InChI=1S/C10H7FN2OS/c11-7-3-1-2-6(4-7)5-8-9(14)13-10(12)15-8/h1-5H,(H2,12,13,14)/b8-5+. The fourth-order valence-corrected chi connectivity index (χ4v) is 1.86. The van der Waals surface area contributed by atoms with Crippen LogP contribution in [-0.2, 0) is 4.79 Å².